The SMILES string of the molecule is N#C[C+]1C=C[NH+](CCC[NH+]2C=C[C+](C#N)C=C2)C=C1. The lowest BCUT2D eigenvalue weighted by molar-refractivity contribution is -0.813. The van der Waals surface area contributed by atoms with Gasteiger partial charge in [-0.2, -0.15) is 20.3 Å². The standard InChI is InChI=1S/C15H14N4/c16-12-14-2-8-18(9-3-14)6-1-7-19-10-4-15(13-17)5-11-19/h2-5,8-11H,1,6-7H2/q+2/p+2. The lowest BCUT2D eigenvalue weighted by atomic mass is 10.1. The molecular weight excluding hydrogens is 236 g/mol. The Kier molecular flexibility index (Phi) is 4.47. The van der Waals surface area contributed by atoms with E-state index in [1.54, 1.807) is 0 Å². The Hall–Kier alpha value is -2.40. The first-order valence-corrected chi connectivity index (χ1v) is 6.30. The first-order chi connectivity index (χ1) is 9.31. The Bertz CT molecular complexity index is 427. The minimum atomic E-state index is 0.704. The second kappa shape index (κ2) is 6.51. The van der Waals surface area contributed by atoms with Crippen molar-refractivity contribution in [1.82, 2.24) is 0 Å². The van der Waals surface area contributed by atoms with Crippen molar-refractivity contribution >= 4 is 0 Å². The average Bonchev–Trinajstić information content (AvgIpc) is 2.49. The summed E-state index contributed by atoms with van der Waals surface area (Å²) >= 11 is 0. The number of nitrogens with one attached hydrogen (secondary N) is 2. The topological polar surface area (TPSA) is 56.5 Å². The molecule has 4 heteroatoms. The molecule has 0 aromatic heterocycles. The molecule has 4 nitrogen and oxygen atoms in total. The third-order valence-electron chi connectivity index (χ3n) is 3.10. The Morgan fingerprint density at radius 1 is 0.737 bits per heavy atom. The van der Waals surface area contributed by atoms with Gasteiger partial charge in [-0.05, 0) is 0 Å². The van der Waals surface area contributed by atoms with Crippen LogP contribution in [0, 0.1) is 34.5 Å². The molecule has 0 aromatic carbocycles. The molecule has 92 valence electrons. The van der Waals surface area contributed by atoms with Crippen molar-refractivity contribution in [1.29, 1.82) is 10.5 Å². The van der Waals surface area contributed by atoms with Gasteiger partial charge in [0.15, 0.2) is 48.8 Å². The van der Waals surface area contributed by atoms with Crippen molar-refractivity contribution in [2.75, 3.05) is 13.1 Å². The normalized spacial score (nSPS) is 18.6. The zero-order valence-corrected chi connectivity index (χ0v) is 10.6. The van der Waals surface area contributed by atoms with E-state index >= 15 is 0 Å². The van der Waals surface area contributed by atoms with Crippen LogP contribution in [0.25, 0.3) is 0 Å². The highest BCUT2D eigenvalue weighted by Gasteiger charge is 2.21. The van der Waals surface area contributed by atoms with Gasteiger partial charge in [-0.1, -0.05) is 0 Å². The van der Waals surface area contributed by atoms with Gasteiger partial charge < -0.3 is 0 Å². The van der Waals surface area contributed by atoms with Gasteiger partial charge in [0.1, 0.15) is 37.4 Å². The first kappa shape index (κ1) is 13.0. The van der Waals surface area contributed by atoms with Gasteiger partial charge in [-0.25, -0.2) is 0 Å². The van der Waals surface area contributed by atoms with E-state index in [0.717, 1.165) is 19.5 Å². The van der Waals surface area contributed by atoms with Gasteiger partial charge in [0.05, 0.1) is 6.42 Å². The Morgan fingerprint density at radius 2 is 1.11 bits per heavy atom. The fourth-order valence-electron chi connectivity index (χ4n) is 1.99. The molecule has 0 bridgehead atoms. The monoisotopic (exact) mass is 252 g/mol. The van der Waals surface area contributed by atoms with E-state index in [2.05, 4.69) is 12.1 Å². The lowest BCUT2D eigenvalue weighted by Crippen LogP contribution is -3.06. The van der Waals surface area contributed by atoms with Crippen molar-refractivity contribution in [3.63, 3.8) is 0 Å². The maximum absolute atomic E-state index is 8.72. The predicted molar refractivity (Wildman–Crippen MR) is 70.5 cm³/mol. The van der Waals surface area contributed by atoms with Crippen LogP contribution in [0.15, 0.2) is 49.1 Å². The maximum Gasteiger partial charge on any atom is 0.195 e. The molecule has 0 radical (unpaired) electrons. The van der Waals surface area contributed by atoms with E-state index < -0.39 is 0 Å². The molecular formula is C15H16N4+4. The van der Waals surface area contributed by atoms with E-state index in [9.17, 15) is 0 Å². The van der Waals surface area contributed by atoms with Gasteiger partial charge >= 0.3 is 0 Å². The summed E-state index contributed by atoms with van der Waals surface area (Å²) in [5.74, 6) is 1.41. The second-order valence-electron chi connectivity index (χ2n) is 4.47. The summed E-state index contributed by atoms with van der Waals surface area (Å²) in [6, 6.07) is 4.24. The van der Waals surface area contributed by atoms with Crippen molar-refractivity contribution in [3.05, 3.63) is 60.9 Å². The van der Waals surface area contributed by atoms with E-state index in [1.165, 1.54) is 9.80 Å². The third-order valence-corrected chi connectivity index (χ3v) is 3.10. The van der Waals surface area contributed by atoms with Crippen LogP contribution in [0.4, 0.5) is 0 Å². The largest absolute Gasteiger partial charge is 0.195 e. The molecule has 2 aliphatic rings. The summed E-state index contributed by atoms with van der Waals surface area (Å²) in [5, 5.41) is 17.4. The van der Waals surface area contributed by atoms with Crippen LogP contribution in [-0.4, -0.2) is 13.1 Å². The summed E-state index contributed by atoms with van der Waals surface area (Å²) in [4.78, 5) is 2.51. The molecule has 0 aliphatic carbocycles. The fraction of sp³-hybridized carbons (Fsp3) is 0.200. The minimum absolute atomic E-state index is 0.704. The number of allylic oxidation sites excluding steroid dienone is 4. The smallest absolute Gasteiger partial charge is 0.187 e. The molecule has 0 spiro atoms. The van der Waals surface area contributed by atoms with Gasteiger partial charge in [-0.3, -0.25) is 0 Å². The Morgan fingerprint density at radius 3 is 1.42 bits per heavy atom. The van der Waals surface area contributed by atoms with Crippen LogP contribution in [0.5, 0.6) is 0 Å². The van der Waals surface area contributed by atoms with E-state index in [1.807, 2.05) is 49.1 Å². The molecule has 2 heterocycles. The summed E-state index contributed by atoms with van der Waals surface area (Å²) in [7, 11) is 0. The molecule has 19 heavy (non-hydrogen) atoms. The van der Waals surface area contributed by atoms with Crippen molar-refractivity contribution in [3.8, 4) is 12.1 Å². The quantitative estimate of drug-likeness (QED) is 0.658. The minimum Gasteiger partial charge on any atom is -0.187 e. The summed E-state index contributed by atoms with van der Waals surface area (Å²) in [6.45, 7) is 2.01. The van der Waals surface area contributed by atoms with Crippen LogP contribution in [0.3, 0.4) is 0 Å². The maximum atomic E-state index is 8.72. The van der Waals surface area contributed by atoms with Crippen molar-refractivity contribution in [2.45, 2.75) is 6.42 Å². The number of rotatable bonds is 4. The molecule has 0 unspecified atom stereocenters. The van der Waals surface area contributed by atoms with Crippen LogP contribution >= 0.6 is 0 Å². The Labute approximate surface area is 113 Å². The number of hydrogen-bond acceptors (Lipinski definition) is 2. The van der Waals surface area contributed by atoms with E-state index in [4.69, 9.17) is 10.5 Å². The van der Waals surface area contributed by atoms with Crippen LogP contribution in [0.2, 0.25) is 0 Å². The van der Waals surface area contributed by atoms with Crippen molar-refractivity contribution in [2.24, 2.45) is 0 Å². The predicted octanol–water partition coefficient (Wildman–Crippen LogP) is -0.576. The van der Waals surface area contributed by atoms with Crippen LogP contribution in [-0.2, 0) is 0 Å². The highest BCUT2D eigenvalue weighted by molar-refractivity contribution is 5.35. The fourth-order valence-corrected chi connectivity index (χ4v) is 1.99. The van der Waals surface area contributed by atoms with Gasteiger partial charge in [0.25, 0.3) is 0 Å². The molecule has 0 fully saturated rings. The van der Waals surface area contributed by atoms with Gasteiger partial charge in [0.2, 0.25) is 0 Å². The highest BCUT2D eigenvalue weighted by atomic mass is 15.1. The lowest BCUT2D eigenvalue weighted by Gasteiger charge is -2.08. The number of nitriles is 2. The van der Waals surface area contributed by atoms with E-state index in [-0.39, 0.29) is 0 Å². The first-order valence-electron chi connectivity index (χ1n) is 6.30. The second-order valence-corrected chi connectivity index (χ2v) is 4.47. The molecule has 2 rings (SSSR count). The Balaban J connectivity index is 1.69. The van der Waals surface area contributed by atoms with Gasteiger partial charge in [-0.15, -0.1) is 0 Å². The number of nitrogens with zero attached hydrogens (tertiary/aromatic N) is 2. The summed E-state index contributed by atoms with van der Waals surface area (Å²) < 4.78 is 0. The average molecular weight is 252 g/mol. The highest BCUT2D eigenvalue weighted by Crippen LogP contribution is 2.02. The number of quaternary nitrogens is 2. The third kappa shape index (κ3) is 3.79. The molecule has 0 aromatic rings. The molecule has 0 atom stereocenters. The van der Waals surface area contributed by atoms with Crippen molar-refractivity contribution < 1.29 is 9.80 Å². The summed E-state index contributed by atoms with van der Waals surface area (Å²) in [6.07, 6.45) is 16.5. The summed E-state index contributed by atoms with van der Waals surface area (Å²) in [5.41, 5.74) is 0. The molecule has 2 aliphatic heterocycles. The number of hydrogen-bond donors (Lipinski definition) is 2. The van der Waals surface area contributed by atoms with Crippen LogP contribution < -0.4 is 9.80 Å². The van der Waals surface area contributed by atoms with Gasteiger partial charge in [0, 0.05) is 0 Å². The van der Waals surface area contributed by atoms with E-state index in [0.29, 0.717) is 11.8 Å². The molecule has 0 amide bonds. The molecule has 2 N–H and O–H groups in total. The molecule has 0 saturated heterocycles. The molecule has 0 saturated carbocycles. The van der Waals surface area contributed by atoms with Crippen LogP contribution in [0.1, 0.15) is 6.42 Å². The zero-order valence-electron chi connectivity index (χ0n) is 10.6. The zero-order chi connectivity index (χ0) is 13.5.